The largest absolute Gasteiger partial charge is 0.383 e. The van der Waals surface area contributed by atoms with E-state index >= 15 is 0 Å². The van der Waals surface area contributed by atoms with Gasteiger partial charge in [-0.2, -0.15) is 5.10 Å². The standard InChI is InChI=1S/C22H33ClN6O.HI/c1-5-24-21(26-15-22(3,30)18-12-27-28(4)14-18)25-11-17-8-9-29(13-17)20-10-19(23)7-6-16(20)2;/h6-7,10,12,14,17,30H,5,8-9,11,13,15H2,1-4H3,(H2,24,25,26);1H. The molecule has 0 radical (unpaired) electrons. The van der Waals surface area contributed by atoms with E-state index in [9.17, 15) is 5.11 Å². The average Bonchev–Trinajstić information content (AvgIpc) is 3.35. The molecule has 0 bridgehead atoms. The molecular weight excluding hydrogens is 527 g/mol. The van der Waals surface area contributed by atoms with Gasteiger partial charge in [-0.15, -0.1) is 24.0 Å². The van der Waals surface area contributed by atoms with Gasteiger partial charge in [0.15, 0.2) is 5.96 Å². The average molecular weight is 561 g/mol. The van der Waals surface area contributed by atoms with E-state index in [-0.39, 0.29) is 30.5 Å². The van der Waals surface area contributed by atoms with Crippen LogP contribution < -0.4 is 15.5 Å². The van der Waals surface area contributed by atoms with Crippen molar-refractivity contribution >= 4 is 47.2 Å². The van der Waals surface area contributed by atoms with Gasteiger partial charge in [-0.1, -0.05) is 17.7 Å². The minimum absolute atomic E-state index is 0. The van der Waals surface area contributed by atoms with E-state index in [1.54, 1.807) is 17.8 Å². The van der Waals surface area contributed by atoms with Crippen LogP contribution >= 0.6 is 35.6 Å². The van der Waals surface area contributed by atoms with E-state index in [0.29, 0.717) is 5.92 Å². The minimum Gasteiger partial charge on any atom is -0.383 e. The van der Waals surface area contributed by atoms with Crippen molar-refractivity contribution in [1.29, 1.82) is 0 Å². The maximum Gasteiger partial charge on any atom is 0.191 e. The van der Waals surface area contributed by atoms with Crippen molar-refractivity contribution in [1.82, 2.24) is 20.4 Å². The number of aryl methyl sites for hydroxylation is 2. The van der Waals surface area contributed by atoms with Crippen molar-refractivity contribution < 1.29 is 5.11 Å². The molecule has 172 valence electrons. The number of nitrogens with zero attached hydrogens (tertiary/aromatic N) is 4. The van der Waals surface area contributed by atoms with Gasteiger partial charge < -0.3 is 20.6 Å². The lowest BCUT2D eigenvalue weighted by Gasteiger charge is -2.22. The van der Waals surface area contributed by atoms with Crippen LogP contribution in [0.25, 0.3) is 0 Å². The molecule has 0 spiro atoms. The van der Waals surface area contributed by atoms with Gasteiger partial charge in [-0.05, 0) is 50.8 Å². The van der Waals surface area contributed by atoms with Crippen LogP contribution in [0.1, 0.15) is 31.4 Å². The molecule has 9 heteroatoms. The first-order valence-corrected chi connectivity index (χ1v) is 10.9. The highest BCUT2D eigenvalue weighted by Gasteiger charge is 2.26. The molecule has 1 aromatic heterocycles. The van der Waals surface area contributed by atoms with Gasteiger partial charge in [-0.3, -0.25) is 4.68 Å². The third-order valence-corrected chi connectivity index (χ3v) is 5.81. The monoisotopic (exact) mass is 560 g/mol. The Morgan fingerprint density at radius 3 is 2.84 bits per heavy atom. The highest BCUT2D eigenvalue weighted by atomic mass is 127. The van der Waals surface area contributed by atoms with Gasteiger partial charge in [0.25, 0.3) is 0 Å². The smallest absolute Gasteiger partial charge is 0.191 e. The van der Waals surface area contributed by atoms with Crippen molar-refractivity contribution in [3.05, 3.63) is 46.7 Å². The maximum atomic E-state index is 10.8. The summed E-state index contributed by atoms with van der Waals surface area (Å²) in [5.41, 5.74) is 2.16. The molecule has 3 rings (SSSR count). The van der Waals surface area contributed by atoms with Crippen molar-refractivity contribution in [2.75, 3.05) is 37.6 Å². The summed E-state index contributed by atoms with van der Waals surface area (Å²) in [6.45, 7) is 9.79. The number of guanidine groups is 1. The zero-order valence-electron chi connectivity index (χ0n) is 18.7. The summed E-state index contributed by atoms with van der Waals surface area (Å²) in [5.74, 6) is 1.24. The lowest BCUT2D eigenvalue weighted by molar-refractivity contribution is 0.0672. The summed E-state index contributed by atoms with van der Waals surface area (Å²) in [7, 11) is 1.84. The summed E-state index contributed by atoms with van der Waals surface area (Å²) < 4.78 is 1.68. The van der Waals surface area contributed by atoms with Gasteiger partial charge in [-0.25, -0.2) is 4.99 Å². The summed E-state index contributed by atoms with van der Waals surface area (Å²) >= 11 is 6.20. The maximum absolute atomic E-state index is 10.8. The summed E-state index contributed by atoms with van der Waals surface area (Å²) in [6.07, 6.45) is 4.62. The second-order valence-electron chi connectivity index (χ2n) is 8.28. The Labute approximate surface area is 207 Å². The quantitative estimate of drug-likeness (QED) is 0.275. The number of halogens is 2. The number of aliphatic hydroxyl groups is 1. The zero-order valence-corrected chi connectivity index (χ0v) is 21.8. The molecule has 7 nitrogen and oxygen atoms in total. The Morgan fingerprint density at radius 2 is 2.16 bits per heavy atom. The first kappa shape index (κ1) is 25.7. The number of benzene rings is 1. The topological polar surface area (TPSA) is 77.7 Å². The van der Waals surface area contributed by atoms with Crippen LogP contribution in [-0.4, -0.2) is 53.6 Å². The van der Waals surface area contributed by atoms with Crippen molar-refractivity contribution in [3.8, 4) is 0 Å². The molecule has 1 saturated heterocycles. The molecular formula is C22H34ClIN6O. The molecule has 0 aliphatic carbocycles. The SMILES string of the molecule is CCNC(=NCC(C)(O)c1cnn(C)c1)NCC1CCN(c2cc(Cl)ccc2C)C1.I. The summed E-state index contributed by atoms with van der Waals surface area (Å²) in [4.78, 5) is 7.02. The molecule has 3 N–H and O–H groups in total. The fourth-order valence-corrected chi connectivity index (χ4v) is 3.91. The number of hydrogen-bond acceptors (Lipinski definition) is 4. The van der Waals surface area contributed by atoms with Crippen LogP contribution in [0.15, 0.2) is 35.6 Å². The molecule has 0 saturated carbocycles. The summed E-state index contributed by atoms with van der Waals surface area (Å²) in [5, 5.41) is 22.4. The lowest BCUT2D eigenvalue weighted by atomic mass is 10.0. The van der Waals surface area contributed by atoms with Crippen LogP contribution in [0, 0.1) is 12.8 Å². The number of nitrogens with one attached hydrogen (secondary N) is 2. The molecule has 2 heterocycles. The van der Waals surface area contributed by atoms with Gasteiger partial charge >= 0.3 is 0 Å². The molecule has 2 unspecified atom stereocenters. The Kier molecular flexibility index (Phi) is 9.45. The first-order valence-electron chi connectivity index (χ1n) is 10.5. The highest BCUT2D eigenvalue weighted by Crippen LogP contribution is 2.29. The minimum atomic E-state index is -1.06. The molecule has 31 heavy (non-hydrogen) atoms. The van der Waals surface area contributed by atoms with Gasteiger partial charge in [0.1, 0.15) is 5.60 Å². The normalized spacial score (nSPS) is 18.5. The first-order chi connectivity index (χ1) is 14.3. The molecule has 1 aromatic carbocycles. The number of hydrogen-bond donors (Lipinski definition) is 3. The van der Waals surface area contributed by atoms with E-state index in [2.05, 4.69) is 44.7 Å². The number of aliphatic imine (C=N–C) groups is 1. The van der Waals surface area contributed by atoms with Crippen LogP contribution in [0.4, 0.5) is 5.69 Å². The van der Waals surface area contributed by atoms with Crippen molar-refractivity contribution in [3.63, 3.8) is 0 Å². The Bertz CT molecular complexity index is 885. The fourth-order valence-electron chi connectivity index (χ4n) is 3.75. The van der Waals surface area contributed by atoms with Gasteiger partial charge in [0, 0.05) is 55.7 Å². The molecule has 1 fully saturated rings. The van der Waals surface area contributed by atoms with Gasteiger partial charge in [0.05, 0.1) is 12.7 Å². The molecule has 2 aromatic rings. The Hall–Kier alpha value is -1.52. The second kappa shape index (κ2) is 11.4. The van der Waals surface area contributed by atoms with E-state index in [1.807, 2.05) is 26.2 Å². The van der Waals surface area contributed by atoms with Crippen LogP contribution in [0.3, 0.4) is 0 Å². The van der Waals surface area contributed by atoms with Crippen molar-refractivity contribution in [2.45, 2.75) is 32.8 Å². The third-order valence-electron chi connectivity index (χ3n) is 5.57. The molecule has 1 aliphatic rings. The van der Waals surface area contributed by atoms with E-state index < -0.39 is 5.60 Å². The predicted octanol–water partition coefficient (Wildman–Crippen LogP) is 3.29. The van der Waals surface area contributed by atoms with E-state index in [1.165, 1.54) is 11.3 Å². The van der Waals surface area contributed by atoms with Crippen molar-refractivity contribution in [2.24, 2.45) is 18.0 Å². The third kappa shape index (κ3) is 6.98. The predicted molar refractivity (Wildman–Crippen MR) is 139 cm³/mol. The second-order valence-corrected chi connectivity index (χ2v) is 8.72. The molecule has 1 aliphatic heterocycles. The lowest BCUT2D eigenvalue weighted by Crippen LogP contribution is -2.41. The Morgan fingerprint density at radius 1 is 1.39 bits per heavy atom. The molecule has 0 amide bonds. The number of rotatable bonds is 7. The fraction of sp³-hybridized carbons (Fsp3) is 0.545. The Balaban J connectivity index is 0.00000341. The van der Waals surface area contributed by atoms with Gasteiger partial charge in [0.2, 0.25) is 0 Å². The summed E-state index contributed by atoms with van der Waals surface area (Å²) in [6, 6.07) is 6.07. The number of anilines is 1. The molecule has 2 atom stereocenters. The van der Waals surface area contributed by atoms with E-state index in [0.717, 1.165) is 49.1 Å². The highest BCUT2D eigenvalue weighted by molar-refractivity contribution is 14.0. The number of aromatic nitrogens is 2. The van der Waals surface area contributed by atoms with Crippen LogP contribution in [0.2, 0.25) is 5.02 Å². The van der Waals surface area contributed by atoms with Crippen LogP contribution in [-0.2, 0) is 12.6 Å². The van der Waals surface area contributed by atoms with E-state index in [4.69, 9.17) is 11.6 Å². The zero-order chi connectivity index (χ0) is 21.7. The van der Waals surface area contributed by atoms with Crippen LogP contribution in [0.5, 0.6) is 0 Å².